The lowest BCUT2D eigenvalue weighted by molar-refractivity contribution is 0.0926. The van der Waals surface area contributed by atoms with Gasteiger partial charge in [-0.25, -0.2) is 4.90 Å². The van der Waals surface area contributed by atoms with Crippen LogP contribution in [0.15, 0.2) is 42.5 Å². The Morgan fingerprint density at radius 1 is 0.789 bits per heavy atom. The lowest BCUT2D eigenvalue weighted by atomic mass is 10.1. The summed E-state index contributed by atoms with van der Waals surface area (Å²) in [5.41, 5.74) is 1.58. The van der Waals surface area contributed by atoms with Gasteiger partial charge in [-0.05, 0) is 81.6 Å². The zero-order valence-electron chi connectivity index (χ0n) is 9.56. The van der Waals surface area contributed by atoms with Crippen LogP contribution in [0.5, 0.6) is 0 Å². The van der Waals surface area contributed by atoms with Crippen LogP contribution in [0.4, 0.5) is 5.69 Å². The van der Waals surface area contributed by atoms with Crippen molar-refractivity contribution < 1.29 is 9.59 Å². The second-order valence-electron chi connectivity index (χ2n) is 4.12. The first-order valence-corrected chi connectivity index (χ1v) is 7.67. The normalized spacial score (nSPS) is 13.9. The quantitative estimate of drug-likeness (QED) is 0.467. The molecule has 1 aliphatic heterocycles. The third kappa shape index (κ3) is 2.18. The predicted octanol–water partition coefficient (Wildman–Crippen LogP) is 3.70. The van der Waals surface area contributed by atoms with Gasteiger partial charge in [-0.3, -0.25) is 9.59 Å². The highest BCUT2D eigenvalue weighted by atomic mass is 127. The van der Waals surface area contributed by atoms with Gasteiger partial charge in [0.1, 0.15) is 0 Å². The summed E-state index contributed by atoms with van der Waals surface area (Å²) in [6, 6.07) is 12.7. The van der Waals surface area contributed by atoms with E-state index in [2.05, 4.69) is 45.2 Å². The van der Waals surface area contributed by atoms with E-state index < -0.39 is 0 Å². The molecule has 0 aliphatic carbocycles. The highest BCUT2D eigenvalue weighted by Gasteiger charge is 2.36. The number of carbonyl (C=O) groups is 2. The number of carbonyl (C=O) groups excluding carboxylic acids is 2. The van der Waals surface area contributed by atoms with E-state index in [0.29, 0.717) is 16.8 Å². The molecule has 2 amide bonds. The number of benzene rings is 2. The largest absolute Gasteiger partial charge is 0.268 e. The lowest BCUT2D eigenvalue weighted by Gasteiger charge is -2.13. The standard InChI is InChI=1S/C14H7I2NO2/c15-8-2-1-3-10(6-8)17-13(18)11-5-4-9(16)7-12(11)14(17)19/h1-7H. The Labute approximate surface area is 137 Å². The highest BCUT2D eigenvalue weighted by molar-refractivity contribution is 14.1. The summed E-state index contributed by atoms with van der Waals surface area (Å²) in [6.45, 7) is 0. The average molecular weight is 475 g/mol. The molecule has 0 N–H and O–H groups in total. The molecule has 0 saturated heterocycles. The van der Waals surface area contributed by atoms with Gasteiger partial charge < -0.3 is 0 Å². The van der Waals surface area contributed by atoms with Gasteiger partial charge in [0.05, 0.1) is 16.8 Å². The van der Waals surface area contributed by atoms with Gasteiger partial charge >= 0.3 is 0 Å². The second kappa shape index (κ2) is 4.86. The van der Waals surface area contributed by atoms with Crippen LogP contribution in [0.3, 0.4) is 0 Å². The van der Waals surface area contributed by atoms with Crippen molar-refractivity contribution in [1.82, 2.24) is 0 Å². The molecule has 0 saturated carbocycles. The average Bonchev–Trinajstić information content (AvgIpc) is 2.61. The first-order chi connectivity index (χ1) is 9.08. The monoisotopic (exact) mass is 475 g/mol. The molecule has 0 aromatic heterocycles. The molecule has 1 aliphatic rings. The summed E-state index contributed by atoms with van der Waals surface area (Å²) in [7, 11) is 0. The van der Waals surface area contributed by atoms with E-state index in [0.717, 1.165) is 7.14 Å². The van der Waals surface area contributed by atoms with E-state index in [9.17, 15) is 9.59 Å². The smallest absolute Gasteiger partial charge is 0.266 e. The lowest BCUT2D eigenvalue weighted by Crippen LogP contribution is -2.29. The molecular formula is C14H7I2NO2. The molecule has 2 aromatic carbocycles. The minimum atomic E-state index is -0.251. The van der Waals surface area contributed by atoms with Crippen molar-refractivity contribution in [3.63, 3.8) is 0 Å². The summed E-state index contributed by atoms with van der Waals surface area (Å²) in [6.07, 6.45) is 0. The molecule has 19 heavy (non-hydrogen) atoms. The van der Waals surface area contributed by atoms with Crippen LogP contribution >= 0.6 is 45.2 Å². The summed E-state index contributed by atoms with van der Waals surface area (Å²) in [5.74, 6) is -0.501. The number of nitrogens with zero attached hydrogens (tertiary/aromatic N) is 1. The van der Waals surface area contributed by atoms with Crippen molar-refractivity contribution in [2.75, 3.05) is 4.90 Å². The van der Waals surface area contributed by atoms with E-state index >= 15 is 0 Å². The third-order valence-corrected chi connectivity index (χ3v) is 4.26. The Kier molecular flexibility index (Phi) is 3.34. The number of anilines is 1. The first kappa shape index (κ1) is 13.0. The molecule has 0 bridgehead atoms. The maximum Gasteiger partial charge on any atom is 0.266 e. The zero-order chi connectivity index (χ0) is 13.6. The van der Waals surface area contributed by atoms with Crippen molar-refractivity contribution in [3.8, 4) is 0 Å². The Bertz CT molecular complexity index is 712. The molecular weight excluding hydrogens is 468 g/mol. The number of fused-ring (bicyclic) bond motifs is 1. The van der Waals surface area contributed by atoms with Crippen LogP contribution < -0.4 is 4.90 Å². The van der Waals surface area contributed by atoms with Crippen molar-refractivity contribution in [1.29, 1.82) is 0 Å². The maximum absolute atomic E-state index is 12.4. The Morgan fingerprint density at radius 3 is 2.21 bits per heavy atom. The van der Waals surface area contributed by atoms with E-state index in [-0.39, 0.29) is 11.8 Å². The molecule has 3 nitrogen and oxygen atoms in total. The zero-order valence-corrected chi connectivity index (χ0v) is 13.9. The highest BCUT2D eigenvalue weighted by Crippen LogP contribution is 2.29. The second-order valence-corrected chi connectivity index (χ2v) is 6.61. The third-order valence-electron chi connectivity index (χ3n) is 2.92. The predicted molar refractivity (Wildman–Crippen MR) is 89.5 cm³/mol. The molecule has 0 atom stereocenters. The fraction of sp³-hybridized carbons (Fsp3) is 0. The molecule has 0 radical (unpaired) electrons. The van der Waals surface area contributed by atoms with Crippen LogP contribution in [-0.4, -0.2) is 11.8 Å². The molecule has 0 fully saturated rings. The van der Waals surface area contributed by atoms with Crippen molar-refractivity contribution >= 4 is 62.7 Å². The Balaban J connectivity index is 2.13. The van der Waals surface area contributed by atoms with Crippen LogP contribution in [0, 0.1) is 7.14 Å². The number of halogens is 2. The SMILES string of the molecule is O=C1c2ccc(I)cc2C(=O)N1c1cccc(I)c1. The molecule has 0 spiro atoms. The van der Waals surface area contributed by atoms with Crippen molar-refractivity contribution in [3.05, 3.63) is 60.7 Å². The Morgan fingerprint density at radius 2 is 1.47 bits per heavy atom. The van der Waals surface area contributed by atoms with Crippen LogP contribution in [0.25, 0.3) is 0 Å². The molecule has 0 unspecified atom stereocenters. The van der Waals surface area contributed by atoms with Gasteiger partial charge in [-0.15, -0.1) is 0 Å². The van der Waals surface area contributed by atoms with Gasteiger partial charge in [-0.2, -0.15) is 0 Å². The Hall–Kier alpha value is -0.960. The van der Waals surface area contributed by atoms with Gasteiger partial charge in [0.25, 0.3) is 11.8 Å². The van der Waals surface area contributed by atoms with Gasteiger partial charge in [0.15, 0.2) is 0 Å². The van der Waals surface area contributed by atoms with Gasteiger partial charge in [0.2, 0.25) is 0 Å². The fourth-order valence-corrected chi connectivity index (χ4v) is 3.08. The van der Waals surface area contributed by atoms with Crippen molar-refractivity contribution in [2.24, 2.45) is 0 Å². The summed E-state index contributed by atoms with van der Waals surface area (Å²) >= 11 is 4.29. The number of amides is 2. The van der Waals surface area contributed by atoms with Crippen LogP contribution in [-0.2, 0) is 0 Å². The van der Waals surface area contributed by atoms with E-state index in [1.807, 2.05) is 24.3 Å². The number of imide groups is 1. The number of hydrogen-bond donors (Lipinski definition) is 0. The topological polar surface area (TPSA) is 37.4 Å². The van der Waals surface area contributed by atoms with Crippen molar-refractivity contribution in [2.45, 2.75) is 0 Å². The van der Waals surface area contributed by atoms with E-state index in [1.54, 1.807) is 18.2 Å². The fourth-order valence-electron chi connectivity index (χ4n) is 2.06. The molecule has 3 rings (SSSR count). The minimum absolute atomic E-state index is 0.250. The molecule has 2 aromatic rings. The minimum Gasteiger partial charge on any atom is -0.268 e. The summed E-state index contributed by atoms with van der Waals surface area (Å²) < 4.78 is 1.93. The molecule has 5 heteroatoms. The maximum atomic E-state index is 12.4. The van der Waals surface area contributed by atoms with Crippen LogP contribution in [0.1, 0.15) is 20.7 Å². The molecule has 1 heterocycles. The summed E-state index contributed by atoms with van der Waals surface area (Å²) in [4.78, 5) is 25.9. The van der Waals surface area contributed by atoms with Gasteiger partial charge in [0, 0.05) is 7.14 Å². The van der Waals surface area contributed by atoms with E-state index in [4.69, 9.17) is 0 Å². The number of hydrogen-bond acceptors (Lipinski definition) is 2. The summed E-state index contributed by atoms with van der Waals surface area (Å²) in [5, 5.41) is 0. The number of rotatable bonds is 1. The van der Waals surface area contributed by atoms with Crippen LogP contribution in [0.2, 0.25) is 0 Å². The molecule has 94 valence electrons. The van der Waals surface area contributed by atoms with E-state index in [1.165, 1.54) is 4.90 Å². The first-order valence-electron chi connectivity index (χ1n) is 5.52. The van der Waals surface area contributed by atoms with Gasteiger partial charge in [-0.1, -0.05) is 6.07 Å².